The van der Waals surface area contributed by atoms with Gasteiger partial charge in [-0.05, 0) is 19.1 Å². The van der Waals surface area contributed by atoms with Crippen LogP contribution in [0.1, 0.15) is 6.92 Å². The third-order valence-electron chi connectivity index (χ3n) is 1.56. The Balaban J connectivity index is 2.44. The van der Waals surface area contributed by atoms with Crippen LogP contribution in [0.2, 0.25) is 0 Å². The normalized spacial score (nSPS) is 15.0. The molecule has 0 heterocycles. The first kappa shape index (κ1) is 11.1. The monoisotopic (exact) mass is 306 g/mol. The van der Waals surface area contributed by atoms with Crippen molar-refractivity contribution < 1.29 is 4.74 Å². The number of ether oxygens (including phenoxy) is 1. The zero-order valence-electron chi connectivity index (χ0n) is 7.47. The average Bonchev–Trinajstić information content (AvgIpc) is 2.17. The third-order valence-corrected chi connectivity index (χ3v) is 4.06. The van der Waals surface area contributed by atoms with Gasteiger partial charge in [-0.25, -0.2) is 0 Å². The molecular weight excluding hydrogens is 296 g/mol. The Morgan fingerprint density at radius 1 is 1.31 bits per heavy atom. The third kappa shape index (κ3) is 4.14. The van der Waals surface area contributed by atoms with Crippen LogP contribution in [0.3, 0.4) is 0 Å². The van der Waals surface area contributed by atoms with E-state index in [0.29, 0.717) is 6.61 Å². The molecule has 72 valence electrons. The number of alkyl halides is 2. The lowest BCUT2D eigenvalue weighted by atomic mass is 10.2. The second kappa shape index (κ2) is 5.01. The van der Waals surface area contributed by atoms with Crippen LogP contribution >= 0.6 is 31.9 Å². The maximum Gasteiger partial charge on any atom is 0.119 e. The van der Waals surface area contributed by atoms with Crippen LogP contribution in [0.4, 0.5) is 0 Å². The van der Waals surface area contributed by atoms with E-state index in [1.807, 2.05) is 30.3 Å². The minimum Gasteiger partial charge on any atom is -0.492 e. The molecule has 1 unspecified atom stereocenters. The molecule has 0 aromatic heterocycles. The van der Waals surface area contributed by atoms with Gasteiger partial charge < -0.3 is 4.74 Å². The molecule has 3 heteroatoms. The Hall–Kier alpha value is -0.0200. The molecule has 0 bridgehead atoms. The highest BCUT2D eigenvalue weighted by Gasteiger charge is 2.19. The molecule has 1 nitrogen and oxygen atoms in total. The lowest BCUT2D eigenvalue weighted by molar-refractivity contribution is 0.293. The molecule has 0 fully saturated rings. The molecule has 1 atom stereocenters. The first-order valence-corrected chi connectivity index (χ1v) is 5.98. The van der Waals surface area contributed by atoms with Crippen molar-refractivity contribution in [1.82, 2.24) is 0 Å². The number of halogens is 2. The fourth-order valence-corrected chi connectivity index (χ4v) is 1.07. The van der Waals surface area contributed by atoms with Crippen LogP contribution < -0.4 is 4.74 Å². The van der Waals surface area contributed by atoms with Crippen molar-refractivity contribution in [2.75, 3.05) is 11.9 Å². The van der Waals surface area contributed by atoms with Gasteiger partial charge in [0.1, 0.15) is 12.4 Å². The van der Waals surface area contributed by atoms with Crippen molar-refractivity contribution in [2.45, 2.75) is 11.2 Å². The number of para-hydroxylation sites is 1. The molecule has 1 aromatic carbocycles. The maximum absolute atomic E-state index is 5.58. The standard InChI is InChI=1S/C10H12Br2O/c1-10(12,7-11)8-13-9-5-3-2-4-6-9/h2-6H,7-8H2,1H3. The summed E-state index contributed by atoms with van der Waals surface area (Å²) in [5.74, 6) is 0.911. The van der Waals surface area contributed by atoms with Crippen LogP contribution in [0, 0.1) is 0 Å². The van der Waals surface area contributed by atoms with Gasteiger partial charge in [0.15, 0.2) is 0 Å². The van der Waals surface area contributed by atoms with Gasteiger partial charge in [-0.2, -0.15) is 0 Å². The molecule has 0 amide bonds. The largest absolute Gasteiger partial charge is 0.492 e. The first-order valence-electron chi connectivity index (χ1n) is 4.07. The molecule has 0 aliphatic heterocycles. The van der Waals surface area contributed by atoms with Crippen molar-refractivity contribution >= 4 is 31.9 Å². The molecule has 0 saturated carbocycles. The van der Waals surface area contributed by atoms with Crippen LogP contribution in [0.25, 0.3) is 0 Å². The van der Waals surface area contributed by atoms with E-state index in [1.54, 1.807) is 0 Å². The molecule has 0 aliphatic carbocycles. The first-order chi connectivity index (χ1) is 6.14. The van der Waals surface area contributed by atoms with E-state index in [9.17, 15) is 0 Å². The van der Waals surface area contributed by atoms with E-state index in [2.05, 4.69) is 38.8 Å². The van der Waals surface area contributed by atoms with Crippen LogP contribution in [-0.2, 0) is 0 Å². The second-order valence-corrected chi connectivity index (χ2v) is 5.62. The van der Waals surface area contributed by atoms with Crippen LogP contribution in [0.15, 0.2) is 30.3 Å². The smallest absolute Gasteiger partial charge is 0.119 e. The summed E-state index contributed by atoms with van der Waals surface area (Å²) in [5.41, 5.74) is 0. The topological polar surface area (TPSA) is 9.23 Å². The fraction of sp³-hybridized carbons (Fsp3) is 0.400. The Morgan fingerprint density at radius 2 is 1.92 bits per heavy atom. The quantitative estimate of drug-likeness (QED) is 0.772. The Labute approximate surface area is 95.7 Å². The molecule has 13 heavy (non-hydrogen) atoms. The van der Waals surface area contributed by atoms with Crippen LogP contribution in [0.5, 0.6) is 5.75 Å². The Morgan fingerprint density at radius 3 is 2.46 bits per heavy atom. The minimum atomic E-state index is 0.00282. The predicted molar refractivity (Wildman–Crippen MR) is 63.1 cm³/mol. The maximum atomic E-state index is 5.58. The Bertz CT molecular complexity index is 246. The zero-order valence-corrected chi connectivity index (χ0v) is 10.6. The molecule has 1 rings (SSSR count). The number of benzene rings is 1. The molecular formula is C10H12Br2O. The molecule has 0 N–H and O–H groups in total. The molecule has 0 spiro atoms. The van der Waals surface area contributed by atoms with E-state index < -0.39 is 0 Å². The highest BCUT2D eigenvalue weighted by Crippen LogP contribution is 2.21. The van der Waals surface area contributed by atoms with Gasteiger partial charge in [0, 0.05) is 5.33 Å². The second-order valence-electron chi connectivity index (χ2n) is 3.15. The molecule has 1 aromatic rings. The number of hydrogen-bond donors (Lipinski definition) is 0. The average molecular weight is 308 g/mol. The van der Waals surface area contributed by atoms with E-state index >= 15 is 0 Å². The van der Waals surface area contributed by atoms with E-state index in [4.69, 9.17) is 4.74 Å². The summed E-state index contributed by atoms with van der Waals surface area (Å²) in [5, 5.41) is 0.868. The summed E-state index contributed by atoms with van der Waals surface area (Å²) in [6.07, 6.45) is 0. The van der Waals surface area contributed by atoms with E-state index in [-0.39, 0.29) is 4.32 Å². The highest BCUT2D eigenvalue weighted by atomic mass is 79.9. The summed E-state index contributed by atoms with van der Waals surface area (Å²) in [7, 11) is 0. The molecule has 0 aliphatic rings. The van der Waals surface area contributed by atoms with Gasteiger partial charge in [0.05, 0.1) is 4.32 Å². The van der Waals surface area contributed by atoms with Gasteiger partial charge in [-0.1, -0.05) is 50.1 Å². The van der Waals surface area contributed by atoms with E-state index in [0.717, 1.165) is 11.1 Å². The summed E-state index contributed by atoms with van der Waals surface area (Å²) >= 11 is 6.98. The summed E-state index contributed by atoms with van der Waals surface area (Å²) in [6, 6.07) is 9.82. The van der Waals surface area contributed by atoms with Crippen molar-refractivity contribution in [1.29, 1.82) is 0 Å². The minimum absolute atomic E-state index is 0.00282. The number of rotatable bonds is 4. The van der Waals surface area contributed by atoms with Gasteiger partial charge in [-0.15, -0.1) is 0 Å². The Kier molecular flexibility index (Phi) is 4.26. The lowest BCUT2D eigenvalue weighted by Crippen LogP contribution is -2.26. The van der Waals surface area contributed by atoms with Crippen LogP contribution in [-0.4, -0.2) is 16.3 Å². The molecule has 0 saturated heterocycles. The van der Waals surface area contributed by atoms with Gasteiger partial charge in [-0.3, -0.25) is 0 Å². The summed E-state index contributed by atoms with van der Waals surface area (Å²) in [6.45, 7) is 2.74. The van der Waals surface area contributed by atoms with E-state index in [1.165, 1.54) is 0 Å². The SMILES string of the molecule is CC(Br)(CBr)COc1ccccc1. The zero-order chi connectivity index (χ0) is 9.73. The van der Waals surface area contributed by atoms with Gasteiger partial charge >= 0.3 is 0 Å². The van der Waals surface area contributed by atoms with Crippen molar-refractivity contribution in [3.05, 3.63) is 30.3 Å². The number of hydrogen-bond acceptors (Lipinski definition) is 1. The van der Waals surface area contributed by atoms with Crippen molar-refractivity contribution in [3.63, 3.8) is 0 Å². The predicted octanol–water partition coefficient (Wildman–Crippen LogP) is 3.61. The molecule has 0 radical (unpaired) electrons. The van der Waals surface area contributed by atoms with Gasteiger partial charge in [0.25, 0.3) is 0 Å². The van der Waals surface area contributed by atoms with Crippen molar-refractivity contribution in [3.8, 4) is 5.75 Å². The lowest BCUT2D eigenvalue weighted by Gasteiger charge is -2.19. The van der Waals surface area contributed by atoms with Crippen molar-refractivity contribution in [2.24, 2.45) is 0 Å². The summed E-state index contributed by atoms with van der Waals surface area (Å²) < 4.78 is 5.59. The fourth-order valence-electron chi connectivity index (χ4n) is 0.789. The highest BCUT2D eigenvalue weighted by molar-refractivity contribution is 9.12. The van der Waals surface area contributed by atoms with Gasteiger partial charge in [0.2, 0.25) is 0 Å². The summed E-state index contributed by atoms with van der Waals surface area (Å²) in [4.78, 5) is 0.